The van der Waals surface area contributed by atoms with Crippen molar-refractivity contribution in [3.05, 3.63) is 87.3 Å². The normalized spacial score (nSPS) is 10.4. The summed E-state index contributed by atoms with van der Waals surface area (Å²) in [5, 5.41) is 4.38. The molecule has 3 rings (SSSR count). The van der Waals surface area contributed by atoms with E-state index >= 15 is 0 Å². The number of ketones is 1. The van der Waals surface area contributed by atoms with Gasteiger partial charge in [-0.3, -0.25) is 14.4 Å². The highest BCUT2D eigenvalue weighted by Crippen LogP contribution is 2.23. The fourth-order valence-electron chi connectivity index (χ4n) is 2.96. The summed E-state index contributed by atoms with van der Waals surface area (Å²) in [6.45, 7) is 3.12. The minimum absolute atomic E-state index is 0.0650. The van der Waals surface area contributed by atoms with Crippen LogP contribution in [0.5, 0.6) is 0 Å². The van der Waals surface area contributed by atoms with E-state index in [1.54, 1.807) is 29.6 Å². The van der Waals surface area contributed by atoms with Crippen molar-refractivity contribution in [3.8, 4) is 0 Å². The van der Waals surface area contributed by atoms with Crippen molar-refractivity contribution in [2.45, 2.75) is 13.8 Å². The summed E-state index contributed by atoms with van der Waals surface area (Å²) in [7, 11) is 0. The third-order valence-corrected chi connectivity index (χ3v) is 5.38. The molecule has 0 bridgehead atoms. The van der Waals surface area contributed by atoms with Crippen LogP contribution in [0.2, 0.25) is 0 Å². The Morgan fingerprint density at radius 3 is 2.35 bits per heavy atom. The molecule has 0 saturated carbocycles. The Morgan fingerprint density at radius 1 is 0.935 bits per heavy atom. The van der Waals surface area contributed by atoms with Crippen LogP contribution < -0.4 is 11.1 Å². The van der Waals surface area contributed by atoms with Crippen molar-refractivity contribution < 1.29 is 23.9 Å². The highest BCUT2D eigenvalue weighted by molar-refractivity contribution is 7.14. The molecule has 0 fully saturated rings. The van der Waals surface area contributed by atoms with Gasteiger partial charge in [-0.05, 0) is 43.0 Å². The standard InChI is InChI=1S/C23H20N2O5S/c1-13-7-8-14(2)18(11-13)20(27)15-5-3-4-6-16(15)23(29)30-12-19(26)25-22-17(21(24)28)9-10-31-22/h3-11H,12H2,1-2H3,(H2,24,28)(H,25,26). The van der Waals surface area contributed by atoms with Crippen molar-refractivity contribution in [1.82, 2.24) is 0 Å². The van der Waals surface area contributed by atoms with Gasteiger partial charge >= 0.3 is 5.97 Å². The number of amides is 2. The number of aryl methyl sites for hydroxylation is 2. The number of thiophene rings is 1. The molecule has 3 N–H and O–H groups in total. The van der Waals surface area contributed by atoms with E-state index in [-0.39, 0.29) is 27.5 Å². The zero-order chi connectivity index (χ0) is 22.5. The van der Waals surface area contributed by atoms with E-state index in [0.29, 0.717) is 5.56 Å². The summed E-state index contributed by atoms with van der Waals surface area (Å²) < 4.78 is 5.10. The molecule has 31 heavy (non-hydrogen) atoms. The summed E-state index contributed by atoms with van der Waals surface area (Å²) in [4.78, 5) is 49.2. The smallest absolute Gasteiger partial charge is 0.339 e. The maximum absolute atomic E-state index is 13.1. The van der Waals surface area contributed by atoms with Crippen LogP contribution in [0.25, 0.3) is 0 Å². The van der Waals surface area contributed by atoms with E-state index in [2.05, 4.69) is 5.32 Å². The highest BCUT2D eigenvalue weighted by atomic mass is 32.1. The number of esters is 1. The van der Waals surface area contributed by atoms with Gasteiger partial charge in [0.25, 0.3) is 11.8 Å². The molecule has 0 aliphatic rings. The summed E-state index contributed by atoms with van der Waals surface area (Å²) in [5.74, 6) is -2.40. The summed E-state index contributed by atoms with van der Waals surface area (Å²) in [6.07, 6.45) is 0. The van der Waals surface area contributed by atoms with Gasteiger partial charge in [-0.15, -0.1) is 11.3 Å². The molecule has 0 saturated heterocycles. The number of nitrogens with two attached hydrogens (primary N) is 1. The van der Waals surface area contributed by atoms with Gasteiger partial charge in [-0.2, -0.15) is 0 Å². The van der Waals surface area contributed by atoms with Gasteiger partial charge in [-0.1, -0.05) is 35.9 Å². The molecular formula is C23H20N2O5S. The van der Waals surface area contributed by atoms with Crippen molar-refractivity contribution in [2.24, 2.45) is 5.73 Å². The molecule has 0 aliphatic carbocycles. The Bertz CT molecular complexity index is 1180. The predicted octanol–water partition coefficient (Wildman–Crippen LogP) is 3.49. The van der Waals surface area contributed by atoms with Gasteiger partial charge in [0.05, 0.1) is 11.1 Å². The lowest BCUT2D eigenvalue weighted by Gasteiger charge is -2.11. The van der Waals surface area contributed by atoms with Crippen LogP contribution >= 0.6 is 11.3 Å². The minimum Gasteiger partial charge on any atom is -0.452 e. The number of rotatable bonds is 7. The third kappa shape index (κ3) is 5.04. The Morgan fingerprint density at radius 2 is 1.65 bits per heavy atom. The topological polar surface area (TPSA) is 116 Å². The van der Waals surface area contributed by atoms with Gasteiger partial charge in [0.1, 0.15) is 5.00 Å². The molecule has 158 valence electrons. The fourth-order valence-corrected chi connectivity index (χ4v) is 3.76. The highest BCUT2D eigenvalue weighted by Gasteiger charge is 2.21. The van der Waals surface area contributed by atoms with Gasteiger partial charge < -0.3 is 15.8 Å². The molecule has 1 aromatic heterocycles. The first-order valence-corrected chi connectivity index (χ1v) is 10.2. The van der Waals surface area contributed by atoms with E-state index in [4.69, 9.17) is 10.5 Å². The van der Waals surface area contributed by atoms with Crippen LogP contribution in [0, 0.1) is 13.8 Å². The maximum Gasteiger partial charge on any atom is 0.339 e. The summed E-state index contributed by atoms with van der Waals surface area (Å²) in [6, 6.07) is 13.3. The molecule has 0 unspecified atom stereocenters. The molecule has 0 atom stereocenters. The molecule has 3 aromatic rings. The number of anilines is 1. The van der Waals surface area contributed by atoms with E-state index in [9.17, 15) is 19.2 Å². The van der Waals surface area contributed by atoms with Crippen molar-refractivity contribution >= 4 is 39.9 Å². The number of benzene rings is 2. The van der Waals surface area contributed by atoms with Gasteiger partial charge in [-0.25, -0.2) is 4.79 Å². The van der Waals surface area contributed by atoms with E-state index in [0.717, 1.165) is 22.5 Å². The quantitative estimate of drug-likeness (QED) is 0.434. The second-order valence-electron chi connectivity index (χ2n) is 6.85. The predicted molar refractivity (Wildman–Crippen MR) is 118 cm³/mol. The number of primary amides is 1. The second-order valence-corrected chi connectivity index (χ2v) is 7.76. The number of carbonyl (C=O) groups excluding carboxylic acids is 4. The Labute approximate surface area is 182 Å². The average Bonchev–Trinajstić information content (AvgIpc) is 3.21. The number of nitrogens with one attached hydrogen (secondary N) is 1. The number of carbonyl (C=O) groups is 4. The maximum atomic E-state index is 13.1. The van der Waals surface area contributed by atoms with Crippen molar-refractivity contribution in [2.75, 3.05) is 11.9 Å². The molecule has 1 heterocycles. The third-order valence-electron chi connectivity index (χ3n) is 4.55. The zero-order valence-electron chi connectivity index (χ0n) is 16.9. The van der Waals surface area contributed by atoms with Crippen molar-refractivity contribution in [1.29, 1.82) is 0 Å². The monoisotopic (exact) mass is 436 g/mol. The lowest BCUT2D eigenvalue weighted by atomic mass is 9.94. The molecule has 2 amide bonds. The second kappa shape index (κ2) is 9.36. The largest absolute Gasteiger partial charge is 0.452 e. The number of hydrogen-bond donors (Lipinski definition) is 2. The Balaban J connectivity index is 1.73. The number of hydrogen-bond acceptors (Lipinski definition) is 6. The van der Waals surface area contributed by atoms with Crippen LogP contribution in [0.15, 0.2) is 53.9 Å². The molecule has 8 heteroatoms. The first-order valence-electron chi connectivity index (χ1n) is 9.33. The Hall–Kier alpha value is -3.78. The van der Waals surface area contributed by atoms with E-state index < -0.39 is 24.4 Å². The van der Waals surface area contributed by atoms with Crippen LogP contribution in [-0.2, 0) is 9.53 Å². The van der Waals surface area contributed by atoms with E-state index in [1.807, 2.05) is 26.0 Å². The zero-order valence-corrected chi connectivity index (χ0v) is 17.7. The first kappa shape index (κ1) is 21.9. The molecular weight excluding hydrogens is 416 g/mol. The van der Waals surface area contributed by atoms with Crippen LogP contribution in [0.1, 0.15) is 47.8 Å². The van der Waals surface area contributed by atoms with Crippen LogP contribution in [-0.4, -0.2) is 30.2 Å². The summed E-state index contributed by atoms with van der Waals surface area (Å²) in [5.41, 5.74) is 7.89. The van der Waals surface area contributed by atoms with Crippen LogP contribution in [0.3, 0.4) is 0 Å². The first-order chi connectivity index (χ1) is 14.8. The number of ether oxygens (including phenoxy) is 1. The molecule has 0 radical (unpaired) electrons. The van der Waals surface area contributed by atoms with E-state index in [1.165, 1.54) is 12.1 Å². The lowest BCUT2D eigenvalue weighted by Crippen LogP contribution is -2.23. The Kier molecular flexibility index (Phi) is 6.61. The van der Waals surface area contributed by atoms with Crippen molar-refractivity contribution in [3.63, 3.8) is 0 Å². The SMILES string of the molecule is Cc1ccc(C)c(C(=O)c2ccccc2C(=O)OCC(=O)Nc2sccc2C(N)=O)c1. The fraction of sp³-hybridized carbons (Fsp3) is 0.130. The van der Waals surface area contributed by atoms with Gasteiger partial charge in [0.15, 0.2) is 12.4 Å². The van der Waals surface area contributed by atoms with Crippen LogP contribution in [0.4, 0.5) is 5.00 Å². The minimum atomic E-state index is -0.800. The van der Waals surface area contributed by atoms with Gasteiger partial charge in [0, 0.05) is 11.1 Å². The average molecular weight is 436 g/mol. The molecule has 2 aromatic carbocycles. The summed E-state index contributed by atoms with van der Waals surface area (Å²) >= 11 is 1.13. The molecule has 0 aliphatic heterocycles. The molecule has 0 spiro atoms. The molecule has 7 nitrogen and oxygen atoms in total. The van der Waals surface area contributed by atoms with Gasteiger partial charge in [0.2, 0.25) is 0 Å². The lowest BCUT2D eigenvalue weighted by molar-refractivity contribution is -0.119.